The molecule has 0 saturated heterocycles. The topological polar surface area (TPSA) is 20.2 Å². The Morgan fingerprint density at radius 1 is 1.00 bits per heavy atom. The Morgan fingerprint density at radius 3 is 2.70 bits per heavy atom. The standard InChI is InChI=1S/C19H30O/c1-18-9-3-4-16(18)15-6-5-13-12-14(20)7-11-19(13,2)17(15)8-10-18/h3,9,13-17,20H,4-8,10-12H2,1-2H3/t13-,14+,15+,16-,17+,18-,19-/m1/s1. The van der Waals surface area contributed by atoms with E-state index in [1.165, 1.54) is 38.5 Å². The lowest BCUT2D eigenvalue weighted by Gasteiger charge is -2.60. The van der Waals surface area contributed by atoms with Gasteiger partial charge in [0.25, 0.3) is 0 Å². The molecule has 0 aromatic rings. The molecular formula is C19H30O. The zero-order chi connectivity index (χ0) is 14.0. The highest BCUT2D eigenvalue weighted by molar-refractivity contribution is 5.16. The summed E-state index contributed by atoms with van der Waals surface area (Å²) in [4.78, 5) is 0. The Labute approximate surface area is 123 Å². The van der Waals surface area contributed by atoms with Crippen LogP contribution in [-0.4, -0.2) is 11.2 Å². The van der Waals surface area contributed by atoms with Crippen molar-refractivity contribution < 1.29 is 5.11 Å². The fraction of sp³-hybridized carbons (Fsp3) is 0.895. The molecule has 0 heterocycles. The Balaban J connectivity index is 1.63. The van der Waals surface area contributed by atoms with Crippen LogP contribution in [-0.2, 0) is 0 Å². The Bertz CT molecular complexity index is 427. The molecule has 0 amide bonds. The maximum absolute atomic E-state index is 10.0. The molecule has 0 aliphatic heterocycles. The molecule has 4 aliphatic carbocycles. The fourth-order valence-corrected chi connectivity index (χ4v) is 6.72. The zero-order valence-corrected chi connectivity index (χ0v) is 13.1. The summed E-state index contributed by atoms with van der Waals surface area (Å²) in [6.45, 7) is 5.09. The minimum Gasteiger partial charge on any atom is -0.393 e. The molecular weight excluding hydrogens is 244 g/mol. The van der Waals surface area contributed by atoms with E-state index in [0.717, 1.165) is 36.5 Å². The number of aliphatic hydroxyl groups excluding tert-OH is 1. The van der Waals surface area contributed by atoms with E-state index < -0.39 is 0 Å². The lowest BCUT2D eigenvalue weighted by Crippen LogP contribution is -2.53. The molecule has 1 heteroatoms. The number of fused-ring (bicyclic) bond motifs is 5. The molecule has 7 atom stereocenters. The minimum atomic E-state index is -0.00775. The van der Waals surface area contributed by atoms with E-state index in [-0.39, 0.29) is 6.10 Å². The first-order valence-electron chi connectivity index (χ1n) is 8.89. The largest absolute Gasteiger partial charge is 0.393 e. The fourth-order valence-electron chi connectivity index (χ4n) is 6.72. The summed E-state index contributed by atoms with van der Waals surface area (Å²) in [6.07, 6.45) is 15.4. The Morgan fingerprint density at radius 2 is 1.85 bits per heavy atom. The van der Waals surface area contributed by atoms with Gasteiger partial charge in [-0.1, -0.05) is 26.0 Å². The second-order valence-electron chi connectivity index (χ2n) is 8.77. The number of aliphatic hydroxyl groups is 1. The summed E-state index contributed by atoms with van der Waals surface area (Å²) >= 11 is 0. The van der Waals surface area contributed by atoms with Crippen LogP contribution in [0.2, 0.25) is 0 Å². The average Bonchev–Trinajstić information content (AvgIpc) is 2.81. The van der Waals surface area contributed by atoms with E-state index in [9.17, 15) is 5.11 Å². The van der Waals surface area contributed by atoms with Crippen LogP contribution in [0.25, 0.3) is 0 Å². The van der Waals surface area contributed by atoms with Crippen molar-refractivity contribution in [2.24, 2.45) is 34.5 Å². The smallest absolute Gasteiger partial charge is 0.0543 e. The van der Waals surface area contributed by atoms with Crippen molar-refractivity contribution in [3.05, 3.63) is 12.2 Å². The molecule has 0 aromatic heterocycles. The molecule has 4 rings (SSSR count). The molecule has 112 valence electrons. The molecule has 20 heavy (non-hydrogen) atoms. The van der Waals surface area contributed by atoms with Crippen molar-refractivity contribution in [3.63, 3.8) is 0 Å². The van der Waals surface area contributed by atoms with Gasteiger partial charge in [0.2, 0.25) is 0 Å². The van der Waals surface area contributed by atoms with Crippen LogP contribution in [0.5, 0.6) is 0 Å². The molecule has 0 aromatic carbocycles. The van der Waals surface area contributed by atoms with Gasteiger partial charge in [0.1, 0.15) is 0 Å². The van der Waals surface area contributed by atoms with Gasteiger partial charge in [-0.05, 0) is 85.9 Å². The third-order valence-electron chi connectivity index (χ3n) is 7.96. The van der Waals surface area contributed by atoms with Crippen LogP contribution in [0, 0.1) is 34.5 Å². The van der Waals surface area contributed by atoms with Crippen molar-refractivity contribution in [2.75, 3.05) is 0 Å². The Kier molecular flexibility index (Phi) is 2.91. The molecule has 0 spiro atoms. The minimum absolute atomic E-state index is 0.00775. The highest BCUT2D eigenvalue weighted by atomic mass is 16.3. The van der Waals surface area contributed by atoms with E-state index in [0.29, 0.717) is 10.8 Å². The molecule has 1 nitrogen and oxygen atoms in total. The van der Waals surface area contributed by atoms with Crippen LogP contribution in [0.15, 0.2) is 12.2 Å². The van der Waals surface area contributed by atoms with Crippen molar-refractivity contribution in [2.45, 2.75) is 71.3 Å². The van der Waals surface area contributed by atoms with E-state index >= 15 is 0 Å². The average molecular weight is 274 g/mol. The van der Waals surface area contributed by atoms with Crippen LogP contribution < -0.4 is 0 Å². The van der Waals surface area contributed by atoms with E-state index in [2.05, 4.69) is 26.0 Å². The van der Waals surface area contributed by atoms with Crippen molar-refractivity contribution in [1.29, 1.82) is 0 Å². The summed E-state index contributed by atoms with van der Waals surface area (Å²) in [5, 5.41) is 10.0. The Hall–Kier alpha value is -0.300. The van der Waals surface area contributed by atoms with Gasteiger partial charge in [0, 0.05) is 0 Å². The summed E-state index contributed by atoms with van der Waals surface area (Å²) in [7, 11) is 0. The van der Waals surface area contributed by atoms with Gasteiger partial charge in [0.05, 0.1) is 6.10 Å². The van der Waals surface area contributed by atoms with Crippen molar-refractivity contribution >= 4 is 0 Å². The lowest BCUT2D eigenvalue weighted by molar-refractivity contribution is -0.116. The van der Waals surface area contributed by atoms with Crippen molar-refractivity contribution in [1.82, 2.24) is 0 Å². The quantitative estimate of drug-likeness (QED) is 0.642. The summed E-state index contributed by atoms with van der Waals surface area (Å²) in [6, 6.07) is 0. The molecule has 3 saturated carbocycles. The van der Waals surface area contributed by atoms with Crippen molar-refractivity contribution in [3.8, 4) is 0 Å². The predicted octanol–water partition coefficient (Wildman–Crippen LogP) is 4.56. The van der Waals surface area contributed by atoms with E-state index in [1.807, 2.05) is 0 Å². The number of hydrogen-bond acceptors (Lipinski definition) is 1. The van der Waals surface area contributed by atoms with Crippen LogP contribution in [0.4, 0.5) is 0 Å². The second kappa shape index (κ2) is 4.35. The molecule has 0 bridgehead atoms. The third kappa shape index (κ3) is 1.71. The van der Waals surface area contributed by atoms with E-state index in [1.54, 1.807) is 0 Å². The van der Waals surface area contributed by atoms with Gasteiger partial charge < -0.3 is 5.11 Å². The van der Waals surface area contributed by atoms with Gasteiger partial charge in [-0.25, -0.2) is 0 Å². The van der Waals surface area contributed by atoms with Crippen LogP contribution in [0.1, 0.15) is 65.2 Å². The summed E-state index contributed by atoms with van der Waals surface area (Å²) in [5.74, 6) is 3.61. The molecule has 4 aliphatic rings. The first-order chi connectivity index (χ1) is 9.53. The predicted molar refractivity (Wildman–Crippen MR) is 82.3 cm³/mol. The normalized spacial score (nSPS) is 57.9. The number of rotatable bonds is 0. The summed E-state index contributed by atoms with van der Waals surface area (Å²) in [5.41, 5.74) is 1.05. The van der Waals surface area contributed by atoms with Gasteiger partial charge >= 0.3 is 0 Å². The second-order valence-corrected chi connectivity index (χ2v) is 8.77. The van der Waals surface area contributed by atoms with Gasteiger partial charge in [0.15, 0.2) is 0 Å². The molecule has 0 radical (unpaired) electrons. The van der Waals surface area contributed by atoms with E-state index in [4.69, 9.17) is 0 Å². The number of allylic oxidation sites excluding steroid dienone is 2. The van der Waals surface area contributed by atoms with Crippen LogP contribution in [0.3, 0.4) is 0 Å². The van der Waals surface area contributed by atoms with Gasteiger partial charge in [-0.2, -0.15) is 0 Å². The zero-order valence-electron chi connectivity index (χ0n) is 13.1. The monoisotopic (exact) mass is 274 g/mol. The SMILES string of the molecule is C[C@@]12CC[C@H](O)C[C@H]1CC[C@H]1[C@H]3CC=C[C@]3(C)CC[C@@H]12. The van der Waals surface area contributed by atoms with Crippen LogP contribution >= 0.6 is 0 Å². The lowest BCUT2D eigenvalue weighted by atomic mass is 9.45. The molecule has 1 N–H and O–H groups in total. The number of hydrogen-bond donors (Lipinski definition) is 1. The molecule has 3 fully saturated rings. The molecule has 0 unspecified atom stereocenters. The maximum Gasteiger partial charge on any atom is 0.0543 e. The van der Waals surface area contributed by atoms with Gasteiger partial charge in [-0.15, -0.1) is 0 Å². The van der Waals surface area contributed by atoms with Gasteiger partial charge in [-0.3, -0.25) is 0 Å². The highest BCUT2D eigenvalue weighted by Gasteiger charge is 2.56. The first-order valence-corrected chi connectivity index (χ1v) is 8.89. The first kappa shape index (κ1) is 13.4. The maximum atomic E-state index is 10.0. The highest BCUT2D eigenvalue weighted by Crippen LogP contribution is 2.64. The third-order valence-corrected chi connectivity index (χ3v) is 7.96. The summed E-state index contributed by atoms with van der Waals surface area (Å²) < 4.78 is 0.